The molecule has 1 heterocycles. The summed E-state index contributed by atoms with van der Waals surface area (Å²) in [5.74, 6) is 0.243. The van der Waals surface area contributed by atoms with Gasteiger partial charge in [0.2, 0.25) is 0 Å². The number of nitrogens with one attached hydrogen (secondary N) is 1. The molecule has 0 unspecified atom stereocenters. The van der Waals surface area contributed by atoms with Gasteiger partial charge in [-0.15, -0.1) is 0 Å². The molecule has 0 aliphatic heterocycles. The highest BCUT2D eigenvalue weighted by molar-refractivity contribution is 6.34. The molecule has 2 aromatic rings. The van der Waals surface area contributed by atoms with Crippen molar-refractivity contribution in [1.82, 2.24) is 10.3 Å². The van der Waals surface area contributed by atoms with Crippen molar-refractivity contribution in [2.24, 2.45) is 0 Å². The first-order chi connectivity index (χ1) is 9.62. The van der Waals surface area contributed by atoms with E-state index in [9.17, 15) is 4.39 Å². The van der Waals surface area contributed by atoms with Crippen molar-refractivity contribution in [3.05, 3.63) is 28.9 Å². The van der Waals surface area contributed by atoms with E-state index in [1.54, 1.807) is 0 Å². The summed E-state index contributed by atoms with van der Waals surface area (Å²) in [6, 6.07) is 2.62. The molecule has 1 N–H and O–H groups in total. The summed E-state index contributed by atoms with van der Waals surface area (Å²) in [7, 11) is 1.99. The second-order valence-corrected chi connectivity index (χ2v) is 6.02. The summed E-state index contributed by atoms with van der Waals surface area (Å²) in [4.78, 5) is 4.39. The van der Waals surface area contributed by atoms with Crippen molar-refractivity contribution in [3.8, 4) is 0 Å². The Labute approximate surface area is 122 Å². The van der Waals surface area contributed by atoms with Gasteiger partial charge < -0.3 is 9.73 Å². The third kappa shape index (κ3) is 2.54. The highest BCUT2D eigenvalue weighted by Crippen LogP contribution is 2.33. The van der Waals surface area contributed by atoms with Crippen molar-refractivity contribution in [2.45, 2.75) is 44.1 Å². The summed E-state index contributed by atoms with van der Waals surface area (Å²) in [6.07, 6.45) is 6.67. The number of likely N-dealkylation sites (N-methyl/N-ethyl adjacent to an activating group) is 1. The van der Waals surface area contributed by atoms with Gasteiger partial charge in [0, 0.05) is 18.0 Å². The van der Waals surface area contributed by atoms with Crippen LogP contribution >= 0.6 is 11.6 Å². The Morgan fingerprint density at radius 1 is 1.35 bits per heavy atom. The number of nitrogens with zero attached hydrogens (tertiary/aromatic N) is 1. The monoisotopic (exact) mass is 296 g/mol. The van der Waals surface area contributed by atoms with Crippen LogP contribution in [0.15, 0.2) is 16.5 Å². The fourth-order valence-corrected chi connectivity index (χ4v) is 3.35. The third-order valence-electron chi connectivity index (χ3n) is 4.28. The summed E-state index contributed by atoms with van der Waals surface area (Å²) in [5.41, 5.74) is 1.02. The molecule has 1 fully saturated rings. The molecular weight excluding hydrogens is 279 g/mol. The molecule has 3 rings (SSSR count). The van der Waals surface area contributed by atoms with Gasteiger partial charge in [-0.25, -0.2) is 9.37 Å². The van der Waals surface area contributed by atoms with Crippen LogP contribution in [0.3, 0.4) is 0 Å². The van der Waals surface area contributed by atoms with Crippen molar-refractivity contribution in [3.63, 3.8) is 0 Å². The van der Waals surface area contributed by atoms with Gasteiger partial charge in [-0.2, -0.15) is 0 Å². The topological polar surface area (TPSA) is 38.1 Å². The van der Waals surface area contributed by atoms with Gasteiger partial charge in [-0.1, -0.05) is 30.9 Å². The number of halogens is 2. The molecule has 1 aliphatic rings. The Morgan fingerprint density at radius 3 is 2.80 bits per heavy atom. The lowest BCUT2D eigenvalue weighted by Crippen LogP contribution is -2.46. The Balaban J connectivity index is 1.92. The van der Waals surface area contributed by atoms with Crippen LogP contribution < -0.4 is 5.32 Å². The highest BCUT2D eigenvalue weighted by atomic mass is 35.5. The van der Waals surface area contributed by atoms with Crippen molar-refractivity contribution >= 4 is 22.7 Å². The van der Waals surface area contributed by atoms with E-state index >= 15 is 0 Å². The van der Waals surface area contributed by atoms with Crippen LogP contribution in [-0.4, -0.2) is 17.6 Å². The van der Waals surface area contributed by atoms with E-state index in [0.717, 1.165) is 19.3 Å². The van der Waals surface area contributed by atoms with Crippen LogP contribution in [0.25, 0.3) is 11.1 Å². The molecule has 108 valence electrons. The van der Waals surface area contributed by atoms with Gasteiger partial charge in [-0.3, -0.25) is 0 Å². The maximum absolute atomic E-state index is 13.3. The first-order valence-electron chi connectivity index (χ1n) is 7.05. The lowest BCUT2D eigenvalue weighted by atomic mass is 9.79. The van der Waals surface area contributed by atoms with Crippen LogP contribution in [0.5, 0.6) is 0 Å². The summed E-state index contributed by atoms with van der Waals surface area (Å²) in [5, 5.41) is 3.71. The van der Waals surface area contributed by atoms with Gasteiger partial charge in [0.25, 0.3) is 0 Å². The summed E-state index contributed by atoms with van der Waals surface area (Å²) >= 11 is 6.00. The Morgan fingerprint density at radius 2 is 2.10 bits per heavy atom. The fraction of sp³-hybridized carbons (Fsp3) is 0.533. The molecule has 1 saturated carbocycles. The average Bonchev–Trinajstić information content (AvgIpc) is 2.82. The van der Waals surface area contributed by atoms with Crippen molar-refractivity contribution in [2.75, 3.05) is 7.05 Å². The number of fused-ring (bicyclic) bond motifs is 1. The van der Waals surface area contributed by atoms with Gasteiger partial charge in [0.15, 0.2) is 11.5 Å². The molecule has 0 bridgehead atoms. The summed E-state index contributed by atoms with van der Waals surface area (Å²) < 4.78 is 19.1. The highest BCUT2D eigenvalue weighted by Gasteiger charge is 2.32. The molecule has 0 spiro atoms. The second-order valence-electron chi connectivity index (χ2n) is 5.61. The minimum atomic E-state index is -0.386. The van der Waals surface area contributed by atoms with E-state index in [2.05, 4.69) is 10.3 Å². The van der Waals surface area contributed by atoms with Gasteiger partial charge in [0.1, 0.15) is 11.3 Å². The number of hydrogen-bond acceptors (Lipinski definition) is 3. The Kier molecular flexibility index (Phi) is 3.69. The maximum atomic E-state index is 13.3. The maximum Gasteiger partial charge on any atom is 0.197 e. The van der Waals surface area contributed by atoms with Crippen LogP contribution in [0.1, 0.15) is 38.0 Å². The van der Waals surface area contributed by atoms with Crippen molar-refractivity contribution < 1.29 is 8.81 Å². The number of aromatic nitrogens is 1. The molecule has 0 amide bonds. The number of benzene rings is 1. The number of hydrogen-bond donors (Lipinski definition) is 1. The molecule has 1 aromatic carbocycles. The van der Waals surface area contributed by atoms with E-state index in [1.165, 1.54) is 31.4 Å². The Hall–Kier alpha value is -1.13. The predicted octanol–water partition coefficient (Wildman–Crippen LogP) is 4.09. The first kappa shape index (κ1) is 13.8. The quantitative estimate of drug-likeness (QED) is 0.927. The van der Waals surface area contributed by atoms with Crippen molar-refractivity contribution in [1.29, 1.82) is 0 Å². The van der Waals surface area contributed by atoms with Gasteiger partial charge in [0.05, 0.1) is 5.02 Å². The molecule has 0 atom stereocenters. The molecule has 0 radical (unpaired) electrons. The summed E-state index contributed by atoms with van der Waals surface area (Å²) in [6.45, 7) is 0. The molecule has 3 nitrogen and oxygen atoms in total. The molecule has 1 aromatic heterocycles. The van der Waals surface area contributed by atoms with Crippen LogP contribution in [0, 0.1) is 5.82 Å². The molecule has 1 aliphatic carbocycles. The minimum Gasteiger partial charge on any atom is -0.439 e. The van der Waals surface area contributed by atoms with Crippen LogP contribution in [0.4, 0.5) is 4.39 Å². The zero-order valence-electron chi connectivity index (χ0n) is 11.5. The lowest BCUT2D eigenvalue weighted by molar-refractivity contribution is 0.230. The van der Waals surface area contributed by atoms with E-state index in [1.807, 2.05) is 7.05 Å². The largest absolute Gasteiger partial charge is 0.439 e. The van der Waals surface area contributed by atoms with Gasteiger partial charge in [-0.05, 0) is 26.0 Å². The standard InChI is InChI=1S/C15H18ClFN2O/c1-18-15(5-3-2-4-6-15)9-13-19-12-8-10(17)7-11(16)14(12)20-13/h7-8,18H,2-6,9H2,1H3. The van der Waals surface area contributed by atoms with E-state index in [0.29, 0.717) is 17.0 Å². The number of rotatable bonds is 3. The molecule has 20 heavy (non-hydrogen) atoms. The third-order valence-corrected chi connectivity index (χ3v) is 4.57. The second kappa shape index (κ2) is 5.34. The zero-order chi connectivity index (χ0) is 14.2. The molecule has 5 heteroatoms. The normalized spacial score (nSPS) is 18.6. The van der Waals surface area contributed by atoms with Gasteiger partial charge >= 0.3 is 0 Å². The van der Waals surface area contributed by atoms with E-state index in [-0.39, 0.29) is 16.4 Å². The lowest BCUT2D eigenvalue weighted by Gasteiger charge is -2.36. The number of oxazole rings is 1. The first-order valence-corrected chi connectivity index (χ1v) is 7.43. The molecular formula is C15H18ClFN2O. The van der Waals surface area contributed by atoms with E-state index < -0.39 is 0 Å². The zero-order valence-corrected chi connectivity index (χ0v) is 12.3. The van der Waals surface area contributed by atoms with Crippen LogP contribution in [-0.2, 0) is 6.42 Å². The van der Waals surface area contributed by atoms with E-state index in [4.69, 9.17) is 16.0 Å². The average molecular weight is 297 g/mol. The fourth-order valence-electron chi connectivity index (χ4n) is 3.11. The SMILES string of the molecule is CNC1(Cc2nc3cc(F)cc(Cl)c3o2)CCCCC1. The van der Waals surface area contributed by atoms with Crippen LogP contribution in [0.2, 0.25) is 5.02 Å². The minimum absolute atomic E-state index is 0.0458. The molecule has 0 saturated heterocycles. The predicted molar refractivity (Wildman–Crippen MR) is 77.6 cm³/mol. The smallest absolute Gasteiger partial charge is 0.197 e. The Bertz CT molecular complexity index is 620.